The van der Waals surface area contributed by atoms with Crippen LogP contribution in [0.4, 0.5) is 0 Å². The quantitative estimate of drug-likeness (QED) is 0.823. The van der Waals surface area contributed by atoms with E-state index in [0.29, 0.717) is 6.54 Å². The summed E-state index contributed by atoms with van der Waals surface area (Å²) in [6.07, 6.45) is -0.0961. The number of aryl methyl sites for hydroxylation is 1. The highest BCUT2D eigenvalue weighted by molar-refractivity contribution is 9.10. The van der Waals surface area contributed by atoms with E-state index in [1.807, 2.05) is 30.5 Å². The summed E-state index contributed by atoms with van der Waals surface area (Å²) in [6, 6.07) is 8.02. The molecule has 0 saturated heterocycles. The monoisotopic (exact) mass is 389 g/mol. The van der Waals surface area contributed by atoms with E-state index < -0.39 is 0 Å². The molecule has 96 valence electrons. The summed E-state index contributed by atoms with van der Waals surface area (Å²) in [7, 11) is 0. The van der Waals surface area contributed by atoms with E-state index >= 15 is 0 Å². The van der Waals surface area contributed by atoms with Crippen LogP contribution >= 0.6 is 43.2 Å². The molecule has 0 saturated carbocycles. The molecule has 0 aliphatic rings. The van der Waals surface area contributed by atoms with Crippen molar-refractivity contribution in [3.05, 3.63) is 49.0 Å². The van der Waals surface area contributed by atoms with Gasteiger partial charge in [0.05, 0.1) is 0 Å². The topological polar surface area (TPSA) is 35.2 Å². The van der Waals surface area contributed by atoms with Gasteiger partial charge in [-0.1, -0.05) is 15.9 Å². The first-order chi connectivity index (χ1) is 8.60. The summed E-state index contributed by atoms with van der Waals surface area (Å²) in [5, 5.41) is 2.04. The van der Waals surface area contributed by atoms with E-state index in [4.69, 9.17) is 10.5 Å². The lowest BCUT2D eigenvalue weighted by Gasteiger charge is -2.17. The minimum Gasteiger partial charge on any atom is -0.483 e. The van der Waals surface area contributed by atoms with Gasteiger partial charge < -0.3 is 10.5 Å². The Labute approximate surface area is 127 Å². The number of thiophene rings is 1. The summed E-state index contributed by atoms with van der Waals surface area (Å²) in [5.74, 6) is 0.873. The van der Waals surface area contributed by atoms with Gasteiger partial charge in [-0.3, -0.25) is 0 Å². The van der Waals surface area contributed by atoms with Crippen LogP contribution in [0.2, 0.25) is 0 Å². The van der Waals surface area contributed by atoms with Gasteiger partial charge in [-0.25, -0.2) is 0 Å². The molecule has 0 aliphatic heterocycles. The second kappa shape index (κ2) is 6.19. The molecule has 0 radical (unpaired) electrons. The van der Waals surface area contributed by atoms with E-state index in [9.17, 15) is 0 Å². The third-order valence-corrected chi connectivity index (χ3v) is 4.80. The van der Waals surface area contributed by atoms with Crippen LogP contribution in [0, 0.1) is 6.92 Å². The summed E-state index contributed by atoms with van der Waals surface area (Å²) in [5.41, 5.74) is 6.89. The van der Waals surface area contributed by atoms with Crippen molar-refractivity contribution < 1.29 is 4.74 Å². The predicted molar refractivity (Wildman–Crippen MR) is 83.3 cm³/mol. The fourth-order valence-corrected chi connectivity index (χ4v) is 3.58. The lowest BCUT2D eigenvalue weighted by atomic mass is 10.2. The number of benzene rings is 1. The van der Waals surface area contributed by atoms with Crippen LogP contribution < -0.4 is 10.5 Å². The zero-order valence-electron chi connectivity index (χ0n) is 9.82. The van der Waals surface area contributed by atoms with Gasteiger partial charge in [0, 0.05) is 25.7 Å². The van der Waals surface area contributed by atoms with Crippen molar-refractivity contribution in [3.63, 3.8) is 0 Å². The summed E-state index contributed by atoms with van der Waals surface area (Å²) < 4.78 is 8.11. The highest BCUT2D eigenvalue weighted by Crippen LogP contribution is 2.31. The summed E-state index contributed by atoms with van der Waals surface area (Å²) >= 11 is 8.54. The third kappa shape index (κ3) is 3.35. The Bertz CT molecular complexity index is 542. The Balaban J connectivity index is 2.20. The maximum absolute atomic E-state index is 5.99. The standard InChI is InChI=1S/C13H13Br2NOS/c1-8-4-9(14)2-3-11(8)17-12(6-16)13-5-10(15)7-18-13/h2-5,7,12H,6,16H2,1H3. The molecule has 2 rings (SSSR count). The molecule has 0 aliphatic carbocycles. The van der Waals surface area contributed by atoms with Crippen LogP contribution in [-0.2, 0) is 0 Å². The second-order valence-electron chi connectivity index (χ2n) is 3.92. The Hall–Kier alpha value is -0.360. The Morgan fingerprint density at radius 2 is 2.06 bits per heavy atom. The number of nitrogens with two attached hydrogens (primary N) is 1. The normalized spacial score (nSPS) is 12.4. The zero-order chi connectivity index (χ0) is 13.1. The van der Waals surface area contributed by atoms with Crippen molar-refractivity contribution in [2.24, 2.45) is 5.73 Å². The van der Waals surface area contributed by atoms with Gasteiger partial charge in [-0.2, -0.15) is 0 Å². The Kier molecular flexibility index (Phi) is 4.84. The minimum absolute atomic E-state index is 0.0961. The molecular formula is C13H13Br2NOS. The number of hydrogen-bond donors (Lipinski definition) is 1. The van der Waals surface area contributed by atoms with Crippen molar-refractivity contribution in [1.82, 2.24) is 0 Å². The molecule has 5 heteroatoms. The molecule has 2 nitrogen and oxygen atoms in total. The van der Waals surface area contributed by atoms with Crippen molar-refractivity contribution in [2.75, 3.05) is 6.54 Å². The smallest absolute Gasteiger partial charge is 0.145 e. The Morgan fingerprint density at radius 3 is 2.61 bits per heavy atom. The maximum atomic E-state index is 5.99. The van der Waals surface area contributed by atoms with Crippen LogP contribution in [-0.4, -0.2) is 6.54 Å². The van der Waals surface area contributed by atoms with Gasteiger partial charge >= 0.3 is 0 Å². The molecule has 1 aromatic heterocycles. The van der Waals surface area contributed by atoms with E-state index in [-0.39, 0.29) is 6.10 Å². The first kappa shape index (κ1) is 14.1. The molecule has 1 unspecified atom stereocenters. The molecule has 0 bridgehead atoms. The van der Waals surface area contributed by atoms with E-state index in [2.05, 4.69) is 37.9 Å². The molecule has 0 amide bonds. The van der Waals surface area contributed by atoms with Gasteiger partial charge in [-0.15, -0.1) is 11.3 Å². The fraction of sp³-hybridized carbons (Fsp3) is 0.231. The van der Waals surface area contributed by atoms with E-state index in [0.717, 1.165) is 25.1 Å². The Morgan fingerprint density at radius 1 is 1.28 bits per heavy atom. The number of hydrogen-bond acceptors (Lipinski definition) is 3. The SMILES string of the molecule is Cc1cc(Br)ccc1OC(CN)c1cc(Br)cs1. The highest BCUT2D eigenvalue weighted by atomic mass is 79.9. The summed E-state index contributed by atoms with van der Waals surface area (Å²) in [6.45, 7) is 2.49. The maximum Gasteiger partial charge on any atom is 0.145 e. The second-order valence-corrected chi connectivity index (χ2v) is 6.69. The van der Waals surface area contributed by atoms with Crippen molar-refractivity contribution >= 4 is 43.2 Å². The first-order valence-corrected chi connectivity index (χ1v) is 7.93. The van der Waals surface area contributed by atoms with Gasteiger partial charge in [-0.05, 0) is 52.7 Å². The molecule has 18 heavy (non-hydrogen) atoms. The molecular weight excluding hydrogens is 378 g/mol. The third-order valence-electron chi connectivity index (χ3n) is 2.53. The zero-order valence-corrected chi connectivity index (χ0v) is 13.8. The van der Waals surface area contributed by atoms with Crippen molar-refractivity contribution in [2.45, 2.75) is 13.0 Å². The van der Waals surface area contributed by atoms with Crippen LogP contribution in [0.5, 0.6) is 5.75 Å². The van der Waals surface area contributed by atoms with Gasteiger partial charge in [0.15, 0.2) is 0 Å². The molecule has 1 heterocycles. The van der Waals surface area contributed by atoms with Gasteiger partial charge in [0.1, 0.15) is 11.9 Å². The van der Waals surface area contributed by atoms with E-state index in [1.165, 1.54) is 0 Å². The average Bonchev–Trinajstić information content (AvgIpc) is 2.75. The van der Waals surface area contributed by atoms with Gasteiger partial charge in [0.2, 0.25) is 0 Å². The summed E-state index contributed by atoms with van der Waals surface area (Å²) in [4.78, 5) is 1.13. The van der Waals surface area contributed by atoms with Crippen LogP contribution in [0.25, 0.3) is 0 Å². The predicted octanol–water partition coefficient (Wildman–Crippen LogP) is 4.66. The largest absolute Gasteiger partial charge is 0.483 e. The fourth-order valence-electron chi connectivity index (χ4n) is 1.62. The number of ether oxygens (including phenoxy) is 1. The van der Waals surface area contributed by atoms with Crippen molar-refractivity contribution in [3.8, 4) is 5.75 Å². The molecule has 1 atom stereocenters. The lowest BCUT2D eigenvalue weighted by molar-refractivity contribution is 0.216. The van der Waals surface area contributed by atoms with Crippen LogP contribution in [0.15, 0.2) is 38.6 Å². The first-order valence-electron chi connectivity index (χ1n) is 5.47. The molecule has 2 aromatic rings. The van der Waals surface area contributed by atoms with E-state index in [1.54, 1.807) is 11.3 Å². The van der Waals surface area contributed by atoms with Gasteiger partial charge in [0.25, 0.3) is 0 Å². The lowest BCUT2D eigenvalue weighted by Crippen LogP contribution is -2.17. The number of halogens is 2. The highest BCUT2D eigenvalue weighted by Gasteiger charge is 2.15. The van der Waals surface area contributed by atoms with Crippen LogP contribution in [0.1, 0.15) is 16.5 Å². The van der Waals surface area contributed by atoms with Crippen LogP contribution in [0.3, 0.4) is 0 Å². The number of rotatable bonds is 4. The minimum atomic E-state index is -0.0961. The molecule has 2 N–H and O–H groups in total. The van der Waals surface area contributed by atoms with Crippen molar-refractivity contribution in [1.29, 1.82) is 0 Å². The average molecular weight is 391 g/mol. The molecule has 0 spiro atoms. The molecule has 0 fully saturated rings. The molecule has 1 aromatic carbocycles.